The van der Waals surface area contributed by atoms with E-state index in [1.807, 2.05) is 30.3 Å². The SMILES string of the molecule is O=C(COc1ccc2c(c1)OCO2)N1CCC[C@H]1c1nnc(-c2nccc3ccccc23)o1. The number of nitrogens with zero attached hydrogens (tertiary/aromatic N) is 4. The van der Waals surface area contributed by atoms with Crippen LogP contribution in [0.4, 0.5) is 0 Å². The maximum absolute atomic E-state index is 12.9. The summed E-state index contributed by atoms with van der Waals surface area (Å²) >= 11 is 0. The molecule has 2 aliphatic heterocycles. The number of carbonyl (C=O) groups is 1. The van der Waals surface area contributed by atoms with Crippen molar-refractivity contribution in [2.75, 3.05) is 19.9 Å². The molecule has 9 heteroatoms. The minimum atomic E-state index is -0.283. The predicted molar refractivity (Wildman–Crippen MR) is 117 cm³/mol. The Bertz CT molecular complexity index is 1330. The van der Waals surface area contributed by atoms with Gasteiger partial charge in [0.1, 0.15) is 17.5 Å². The van der Waals surface area contributed by atoms with Gasteiger partial charge in [0, 0.05) is 24.2 Å². The van der Waals surface area contributed by atoms with Crippen molar-refractivity contribution in [3.8, 4) is 28.8 Å². The molecule has 2 aliphatic rings. The lowest BCUT2D eigenvalue weighted by Gasteiger charge is -2.22. The molecule has 1 amide bonds. The van der Waals surface area contributed by atoms with Crippen LogP contribution in [0.1, 0.15) is 24.8 Å². The van der Waals surface area contributed by atoms with Crippen LogP contribution in [0.3, 0.4) is 0 Å². The van der Waals surface area contributed by atoms with Gasteiger partial charge in [0.05, 0.1) is 0 Å². The van der Waals surface area contributed by atoms with Crippen LogP contribution in [0.5, 0.6) is 17.2 Å². The first-order valence-corrected chi connectivity index (χ1v) is 10.8. The van der Waals surface area contributed by atoms with Gasteiger partial charge in [-0.25, -0.2) is 0 Å². The molecule has 1 fully saturated rings. The molecule has 6 rings (SSSR count). The molecule has 166 valence electrons. The van der Waals surface area contributed by atoms with Crippen LogP contribution in [-0.4, -0.2) is 45.9 Å². The number of ether oxygens (including phenoxy) is 3. The standard InChI is InChI=1S/C24H20N4O5/c29-21(13-30-16-7-8-19-20(12-16)32-14-31-19)28-11-3-6-18(28)23-26-27-24(33-23)22-17-5-2-1-4-15(17)9-10-25-22/h1-2,4-5,7-10,12,18H,3,6,11,13-14H2/t18-/m0/s1. The number of aromatic nitrogens is 3. The van der Waals surface area contributed by atoms with Gasteiger partial charge in [-0.2, -0.15) is 0 Å². The van der Waals surface area contributed by atoms with E-state index in [2.05, 4.69) is 15.2 Å². The first-order chi connectivity index (χ1) is 16.3. The third kappa shape index (κ3) is 3.61. The fourth-order valence-electron chi connectivity index (χ4n) is 4.27. The average molecular weight is 444 g/mol. The molecule has 2 aromatic heterocycles. The van der Waals surface area contributed by atoms with Gasteiger partial charge in [0.25, 0.3) is 11.8 Å². The molecule has 0 unspecified atom stereocenters. The average Bonchev–Trinajstić information content (AvgIpc) is 3.62. The van der Waals surface area contributed by atoms with Gasteiger partial charge in [-0.1, -0.05) is 24.3 Å². The number of fused-ring (bicyclic) bond motifs is 2. The Morgan fingerprint density at radius 2 is 2.00 bits per heavy atom. The Morgan fingerprint density at radius 1 is 1.09 bits per heavy atom. The lowest BCUT2D eigenvalue weighted by molar-refractivity contribution is -0.134. The number of pyridine rings is 1. The fraction of sp³-hybridized carbons (Fsp3) is 0.250. The molecule has 0 bridgehead atoms. The van der Waals surface area contributed by atoms with E-state index < -0.39 is 0 Å². The third-order valence-corrected chi connectivity index (χ3v) is 5.88. The number of rotatable bonds is 5. The van der Waals surface area contributed by atoms with E-state index in [1.165, 1.54) is 0 Å². The van der Waals surface area contributed by atoms with E-state index in [0.29, 0.717) is 41.3 Å². The van der Waals surface area contributed by atoms with Crippen molar-refractivity contribution < 1.29 is 23.4 Å². The van der Waals surface area contributed by atoms with E-state index in [-0.39, 0.29) is 25.3 Å². The number of hydrogen-bond acceptors (Lipinski definition) is 8. The summed E-state index contributed by atoms with van der Waals surface area (Å²) in [6.07, 6.45) is 3.32. The normalized spacial score (nSPS) is 17.0. The van der Waals surface area contributed by atoms with Crippen LogP contribution >= 0.6 is 0 Å². The maximum Gasteiger partial charge on any atom is 0.267 e. The first kappa shape index (κ1) is 19.5. The Hall–Kier alpha value is -4.14. The molecular formula is C24H20N4O5. The summed E-state index contributed by atoms with van der Waals surface area (Å²) in [6.45, 7) is 0.702. The second-order valence-electron chi connectivity index (χ2n) is 7.88. The molecule has 9 nitrogen and oxygen atoms in total. The first-order valence-electron chi connectivity index (χ1n) is 10.8. The summed E-state index contributed by atoms with van der Waals surface area (Å²) in [5.74, 6) is 2.44. The number of hydrogen-bond donors (Lipinski definition) is 0. The second-order valence-corrected chi connectivity index (χ2v) is 7.88. The van der Waals surface area contributed by atoms with Gasteiger partial charge in [-0.05, 0) is 36.4 Å². The van der Waals surface area contributed by atoms with Crippen molar-refractivity contribution in [2.24, 2.45) is 0 Å². The van der Waals surface area contributed by atoms with Crippen LogP contribution in [0.2, 0.25) is 0 Å². The van der Waals surface area contributed by atoms with Crippen molar-refractivity contribution >= 4 is 16.7 Å². The molecule has 0 spiro atoms. The van der Waals surface area contributed by atoms with Crippen LogP contribution in [0.15, 0.2) is 59.1 Å². The summed E-state index contributed by atoms with van der Waals surface area (Å²) in [5.41, 5.74) is 0.633. The highest BCUT2D eigenvalue weighted by molar-refractivity contribution is 5.92. The Kier molecular flexibility index (Phi) is 4.79. The number of likely N-dealkylation sites (tertiary alicyclic amines) is 1. The zero-order chi connectivity index (χ0) is 22.2. The van der Waals surface area contributed by atoms with Crippen molar-refractivity contribution in [3.05, 3.63) is 60.6 Å². The lowest BCUT2D eigenvalue weighted by Crippen LogP contribution is -2.34. The smallest absolute Gasteiger partial charge is 0.267 e. The van der Waals surface area contributed by atoms with Crippen molar-refractivity contribution in [1.29, 1.82) is 0 Å². The molecule has 2 aromatic carbocycles. The van der Waals surface area contributed by atoms with E-state index in [1.54, 1.807) is 29.3 Å². The zero-order valence-electron chi connectivity index (χ0n) is 17.6. The minimum absolute atomic E-state index is 0.0952. The van der Waals surface area contributed by atoms with Gasteiger partial charge in [0.2, 0.25) is 12.7 Å². The highest BCUT2D eigenvalue weighted by Gasteiger charge is 2.34. The summed E-state index contributed by atoms with van der Waals surface area (Å²) in [4.78, 5) is 19.1. The summed E-state index contributed by atoms with van der Waals surface area (Å²) in [7, 11) is 0. The van der Waals surface area contributed by atoms with E-state index in [4.69, 9.17) is 18.6 Å². The van der Waals surface area contributed by atoms with Crippen LogP contribution < -0.4 is 14.2 Å². The molecule has 0 aliphatic carbocycles. The van der Waals surface area contributed by atoms with Gasteiger partial charge >= 0.3 is 0 Å². The van der Waals surface area contributed by atoms with Gasteiger partial charge in [0.15, 0.2) is 18.1 Å². The van der Waals surface area contributed by atoms with Crippen molar-refractivity contribution in [1.82, 2.24) is 20.1 Å². The predicted octanol–water partition coefficient (Wildman–Crippen LogP) is 3.76. The molecular weight excluding hydrogens is 424 g/mol. The van der Waals surface area contributed by atoms with Crippen LogP contribution in [0.25, 0.3) is 22.4 Å². The summed E-state index contributed by atoms with van der Waals surface area (Å²) in [6, 6.07) is 14.8. The number of amides is 1. The number of carbonyl (C=O) groups excluding carboxylic acids is 1. The molecule has 0 radical (unpaired) electrons. The molecule has 4 heterocycles. The number of benzene rings is 2. The molecule has 1 atom stereocenters. The summed E-state index contributed by atoms with van der Waals surface area (Å²) in [5, 5.41) is 10.5. The van der Waals surface area contributed by atoms with Crippen molar-refractivity contribution in [2.45, 2.75) is 18.9 Å². The molecule has 4 aromatic rings. The molecule has 0 N–H and O–H groups in total. The van der Waals surface area contributed by atoms with E-state index in [0.717, 1.165) is 23.6 Å². The topological polar surface area (TPSA) is 99.8 Å². The highest BCUT2D eigenvalue weighted by atomic mass is 16.7. The Morgan fingerprint density at radius 3 is 2.97 bits per heavy atom. The minimum Gasteiger partial charge on any atom is -0.484 e. The zero-order valence-corrected chi connectivity index (χ0v) is 17.6. The Labute approximate surface area is 188 Å². The monoisotopic (exact) mass is 444 g/mol. The fourth-order valence-corrected chi connectivity index (χ4v) is 4.27. The highest BCUT2D eigenvalue weighted by Crippen LogP contribution is 2.36. The third-order valence-electron chi connectivity index (χ3n) is 5.88. The molecule has 0 saturated carbocycles. The quantitative estimate of drug-likeness (QED) is 0.459. The van der Waals surface area contributed by atoms with Crippen LogP contribution in [0, 0.1) is 0 Å². The van der Waals surface area contributed by atoms with E-state index >= 15 is 0 Å². The summed E-state index contributed by atoms with van der Waals surface area (Å²) < 4.78 is 22.4. The second kappa shape index (κ2) is 8.09. The molecule has 33 heavy (non-hydrogen) atoms. The van der Waals surface area contributed by atoms with Gasteiger partial charge in [-0.15, -0.1) is 10.2 Å². The van der Waals surface area contributed by atoms with Gasteiger partial charge in [-0.3, -0.25) is 9.78 Å². The van der Waals surface area contributed by atoms with Crippen LogP contribution in [-0.2, 0) is 4.79 Å². The largest absolute Gasteiger partial charge is 0.484 e. The van der Waals surface area contributed by atoms with Gasteiger partial charge < -0.3 is 23.5 Å². The Balaban J connectivity index is 1.18. The lowest BCUT2D eigenvalue weighted by atomic mass is 10.1. The van der Waals surface area contributed by atoms with Crippen molar-refractivity contribution in [3.63, 3.8) is 0 Å². The maximum atomic E-state index is 12.9. The van der Waals surface area contributed by atoms with E-state index in [9.17, 15) is 4.79 Å². The molecule has 1 saturated heterocycles.